The molecule has 20 saturated carbocycles. The monoisotopic (exact) mass is 1970 g/mol. The molecule has 0 radical (unpaired) electrons. The SMILES string of the molecule is C=C(C)[C@H]1CC[C@H]2[C@@H]3CC[C@@H]4C[C@@](O)(C#CCl)CC[C@@H]4[C@H]3CC[C@]12C.C=C(CBr)[C@H]1CC[C@H]2[C@@H]3CC[C@@H]4C[C@@](O)(C#CCl)CC[C@@H]4[C@H]3CC[C@]12C.C=C(CBr)[C@H]1CC[C@H]2[C@@H]3CC[C@@H]4C[C@@](O)(C(F)F)CC[C@@H]4[C@H]3CC[C@]12C.C=C(CO)[C@H]1CC[C@H]2[C@@H]3CC[C@@H]4C[C@@](O)(C#CCl)CC[C@@H]4[C@H]3CC[C@]12C.C=C(CO)[C@H]1CC[C@H]2[C@@H]3CC[C@@H]4C[C@@](O)(C(F)F)CC[C@@H]4[C@H]3CC[C@]12C. The Morgan fingerprint density at radius 3 is 0.736 bits per heavy atom. The number of hydrogen-bond donors (Lipinski definition) is 7. The Labute approximate surface area is 808 Å². The van der Waals surface area contributed by atoms with Crippen LogP contribution in [0.15, 0.2) is 60.8 Å². The van der Waals surface area contributed by atoms with Gasteiger partial charge in [-0.1, -0.05) is 134 Å². The first kappa shape index (κ1) is 101. The fraction of sp³-hybridized carbons (Fsp3) is 0.858. The molecule has 0 bridgehead atoms. The van der Waals surface area contributed by atoms with E-state index in [4.69, 9.17) is 34.8 Å². The van der Waals surface area contributed by atoms with E-state index in [9.17, 15) is 53.3 Å². The van der Waals surface area contributed by atoms with Crippen molar-refractivity contribution in [3.05, 3.63) is 60.8 Å². The van der Waals surface area contributed by atoms with Gasteiger partial charge in [-0.25, -0.2) is 17.6 Å². The van der Waals surface area contributed by atoms with Gasteiger partial charge >= 0.3 is 0 Å². The Morgan fingerprint density at radius 1 is 0.295 bits per heavy atom. The van der Waals surface area contributed by atoms with Crippen molar-refractivity contribution in [2.45, 2.75) is 371 Å². The summed E-state index contributed by atoms with van der Waals surface area (Å²) in [7, 11) is 0. The number of aliphatic hydroxyl groups is 7. The molecule has 0 aliphatic heterocycles. The van der Waals surface area contributed by atoms with Gasteiger partial charge in [0.2, 0.25) is 0 Å². The van der Waals surface area contributed by atoms with Gasteiger partial charge in [-0.2, -0.15) is 0 Å². The number of alkyl halides is 6. The second-order valence-electron chi connectivity index (χ2n) is 49.9. The van der Waals surface area contributed by atoms with Crippen molar-refractivity contribution in [2.75, 3.05) is 23.9 Å². The molecule has 0 aromatic rings. The largest absolute Gasteiger partial charge is 0.392 e. The standard InChI is InChI=1S/C23H32BrClO.C23H33ClO2.C23H33ClO.C22H33BrF2O.C22H34F2O2/c1-15(14-24)20-5-6-21-19-4-3-16-13-23(26,11-12-25)10-8-17(16)18(19)7-9-22(20,21)2;1-15(14-25)20-5-6-21-19-4-3-16-13-23(26,11-12-24)10-8-17(16)18(19)7-9-22(20,21)2;1-15(2)20-6-7-21-19-5-4-16-14-23(25,12-13-24)11-9-17(16)18(19)8-10-22(20,21)3;1-13(12-23)18-5-6-19-17-4-3-14-11-22(26,20(24)25)10-8-15(14)16(17)7-9-21(18,19)2;1-13(12-25)18-5-6-19-17-4-3-14-11-22(26,20(23)24)10-8-15(14)16(17)7-9-21(18,19)2/h16-21,26H,1,3-10,13-14H2,2H3;16-21,25-26H,1,3-10,13-14H2,2H3;16-21,25H,1,4-11,14H2,2-3H3;14-20,26H,1,3-12H2,2H3;14-20,25-26H,1,3-12H2,2H3/t3*16-,17+,18-,19-,20-,21+,22-,23+;2*14-,15+,16-,17-,18-,19+,21-,22-/m11111/s1. The van der Waals surface area contributed by atoms with Crippen molar-refractivity contribution >= 4 is 66.7 Å². The van der Waals surface area contributed by atoms with Crippen LogP contribution in [0.2, 0.25) is 0 Å². The zero-order chi connectivity index (χ0) is 92.3. The summed E-state index contributed by atoms with van der Waals surface area (Å²) < 4.78 is 53.2. The van der Waals surface area contributed by atoms with E-state index in [2.05, 4.69) is 140 Å². The molecule has 0 aromatic heterocycles. The molecule has 0 heterocycles. The lowest BCUT2D eigenvalue weighted by atomic mass is 9.48. The van der Waals surface area contributed by atoms with Crippen LogP contribution in [0.4, 0.5) is 17.6 Å². The molecule has 20 aliphatic rings. The van der Waals surface area contributed by atoms with Gasteiger partial charge in [-0.05, 0) is 546 Å². The van der Waals surface area contributed by atoms with E-state index in [0.717, 1.165) is 207 Å². The molecule has 7 nitrogen and oxygen atoms in total. The zero-order valence-corrected chi connectivity index (χ0v) is 85.1. The highest BCUT2D eigenvalue weighted by Crippen LogP contribution is 2.73. The van der Waals surface area contributed by atoms with E-state index < -0.39 is 40.9 Å². The van der Waals surface area contributed by atoms with Crippen LogP contribution in [0.1, 0.15) is 330 Å². The van der Waals surface area contributed by atoms with Gasteiger partial charge in [0.1, 0.15) is 28.0 Å². The van der Waals surface area contributed by atoms with Crippen LogP contribution in [0, 0.1) is 239 Å². The number of rotatable bonds is 11. The molecule has 0 saturated heterocycles. The highest BCUT2D eigenvalue weighted by Gasteiger charge is 2.66. The topological polar surface area (TPSA) is 142 Å². The molecule has 7 N–H and O–H groups in total. The average Bonchev–Trinajstić information content (AvgIpc) is 1.63. The number of fused-ring (bicyclic) bond motifs is 25. The normalized spacial score (nSPS) is 50.6. The minimum atomic E-state index is -2.61. The van der Waals surface area contributed by atoms with Crippen LogP contribution in [0.5, 0.6) is 0 Å². The lowest BCUT2D eigenvalue weighted by molar-refractivity contribution is -0.159. The van der Waals surface area contributed by atoms with Crippen molar-refractivity contribution in [2.24, 2.45) is 205 Å². The molecule has 20 fully saturated rings. The van der Waals surface area contributed by atoms with Crippen LogP contribution in [0.3, 0.4) is 0 Å². The summed E-state index contributed by atoms with van der Waals surface area (Å²) in [6, 6.07) is 0. The van der Waals surface area contributed by atoms with E-state index in [0.29, 0.717) is 124 Å². The third kappa shape index (κ3) is 18.6. The molecule has 722 valence electrons. The summed E-state index contributed by atoms with van der Waals surface area (Å²) in [6.07, 6.45) is 43.9. The Hall–Kier alpha value is -1.35. The van der Waals surface area contributed by atoms with Crippen LogP contribution >= 0.6 is 66.7 Å². The second-order valence-corrected chi connectivity index (χ2v) is 51.6. The van der Waals surface area contributed by atoms with E-state index in [-0.39, 0.29) is 31.0 Å². The van der Waals surface area contributed by atoms with Crippen molar-refractivity contribution in [3.8, 4) is 33.9 Å². The van der Waals surface area contributed by atoms with Crippen molar-refractivity contribution in [1.29, 1.82) is 0 Å². The van der Waals surface area contributed by atoms with E-state index >= 15 is 0 Å². The first-order valence-corrected chi connectivity index (χ1v) is 55.9. The molecule has 16 heteroatoms. The fourth-order valence-corrected chi connectivity index (χ4v) is 40.7. The van der Waals surface area contributed by atoms with Gasteiger partial charge in [0.05, 0.1) is 13.2 Å². The van der Waals surface area contributed by atoms with Gasteiger partial charge in [0, 0.05) is 26.8 Å². The summed E-state index contributed by atoms with van der Waals surface area (Å²) in [5.41, 5.74) is 2.25. The van der Waals surface area contributed by atoms with Crippen LogP contribution in [-0.4, -0.2) is 100 Å². The Morgan fingerprint density at radius 2 is 0.512 bits per heavy atom. The Bertz CT molecular complexity index is 4030. The molecule has 0 amide bonds. The molecule has 129 heavy (non-hydrogen) atoms. The highest BCUT2D eigenvalue weighted by molar-refractivity contribution is 9.09. The first-order valence-electron chi connectivity index (χ1n) is 52.6. The predicted molar refractivity (Wildman–Crippen MR) is 524 cm³/mol. The summed E-state index contributed by atoms with van der Waals surface area (Å²) in [4.78, 5) is 0. The van der Waals surface area contributed by atoms with Crippen LogP contribution in [0.25, 0.3) is 0 Å². The van der Waals surface area contributed by atoms with Gasteiger partial charge in [0.25, 0.3) is 12.9 Å². The predicted octanol–water partition coefficient (Wildman–Crippen LogP) is 27.6. The smallest absolute Gasteiger partial charge is 0.266 e. The van der Waals surface area contributed by atoms with Gasteiger partial charge in [-0.15, -0.1) is 0 Å². The summed E-state index contributed by atoms with van der Waals surface area (Å²) in [5, 5.41) is 81.3. The van der Waals surface area contributed by atoms with Gasteiger partial charge in [0.15, 0.2) is 0 Å². The molecular formula is C113H165Br2Cl3F4O7. The Balaban J connectivity index is 0.000000118. The molecule has 0 aromatic carbocycles. The summed E-state index contributed by atoms with van der Waals surface area (Å²) in [6.45, 7) is 36.4. The second kappa shape index (κ2) is 39.6. The highest BCUT2D eigenvalue weighted by atomic mass is 79.9. The van der Waals surface area contributed by atoms with E-state index in [1.807, 2.05) is 0 Å². The van der Waals surface area contributed by atoms with E-state index in [1.165, 1.54) is 184 Å². The van der Waals surface area contributed by atoms with Crippen LogP contribution < -0.4 is 0 Å². The van der Waals surface area contributed by atoms with Crippen molar-refractivity contribution in [1.82, 2.24) is 0 Å². The summed E-state index contributed by atoms with van der Waals surface area (Å²) in [5.74, 6) is 29.7. The number of halogens is 9. The molecular weight excluding hydrogens is 1810 g/mol. The number of hydrogen-bond acceptors (Lipinski definition) is 7. The molecule has 20 rings (SSSR count). The minimum absolute atomic E-state index is 0.0952. The van der Waals surface area contributed by atoms with Crippen molar-refractivity contribution < 1.29 is 53.3 Å². The maximum absolute atomic E-state index is 13.3. The average molecular weight is 1980 g/mol. The zero-order valence-electron chi connectivity index (χ0n) is 79.7. The number of aliphatic hydroxyl groups excluding tert-OH is 2. The fourth-order valence-electron chi connectivity index (χ4n) is 39.4. The van der Waals surface area contributed by atoms with E-state index in [1.54, 1.807) is 0 Å². The Kier molecular flexibility index (Phi) is 30.9. The summed E-state index contributed by atoms with van der Waals surface area (Å²) >= 11 is 24.1. The molecule has 0 unspecified atom stereocenters. The molecule has 40 atom stereocenters. The third-order valence-electron chi connectivity index (χ3n) is 45.1. The number of allylic oxidation sites excluding steroid dienone is 3. The molecule has 0 spiro atoms. The lowest BCUT2D eigenvalue weighted by Crippen LogP contribution is -2.52. The minimum Gasteiger partial charge on any atom is -0.392 e. The van der Waals surface area contributed by atoms with Crippen molar-refractivity contribution in [3.63, 3.8) is 0 Å². The maximum Gasteiger partial charge on any atom is 0.266 e. The molecule has 20 aliphatic carbocycles. The van der Waals surface area contributed by atoms with Gasteiger partial charge < -0.3 is 35.7 Å². The third-order valence-corrected chi connectivity index (χ3v) is 46.8. The van der Waals surface area contributed by atoms with Crippen LogP contribution in [-0.2, 0) is 0 Å². The lowest BCUT2D eigenvalue weighted by Gasteiger charge is -2.57. The first-order chi connectivity index (χ1) is 61.3. The quantitative estimate of drug-likeness (QED) is 0.0473. The maximum atomic E-state index is 13.3. The van der Waals surface area contributed by atoms with Gasteiger partial charge in [-0.3, -0.25) is 0 Å².